The Balaban J connectivity index is 1.97. The van der Waals surface area contributed by atoms with Crippen LogP contribution in [0.3, 0.4) is 0 Å². The van der Waals surface area contributed by atoms with Gasteiger partial charge in [-0.2, -0.15) is 0 Å². The minimum absolute atomic E-state index is 0.897. The maximum absolute atomic E-state index is 3.47. The Morgan fingerprint density at radius 1 is 0.789 bits per heavy atom. The van der Waals surface area contributed by atoms with Crippen molar-refractivity contribution >= 4 is 5.82 Å². The number of benzene rings is 2. The lowest BCUT2D eigenvalue weighted by atomic mass is 10.1. The van der Waals surface area contributed by atoms with Gasteiger partial charge in [-0.3, -0.25) is 4.57 Å². The molecule has 0 saturated heterocycles. The first-order valence-electron chi connectivity index (χ1n) is 6.53. The Hall–Kier alpha value is -2.48. The Labute approximate surface area is 112 Å². The molecule has 92 valence electrons. The standard InChI is InChI=1S/C17H14N2/c1-2-6-13(7-3-1)16-10-11-17-18-12-14-8-4-5-9-15(14)19(16)17/h1-11,18H,12H2. The summed E-state index contributed by atoms with van der Waals surface area (Å²) in [4.78, 5) is 0. The second kappa shape index (κ2) is 4.02. The summed E-state index contributed by atoms with van der Waals surface area (Å²) in [6.07, 6.45) is 0. The first-order valence-corrected chi connectivity index (χ1v) is 6.53. The number of fused-ring (bicyclic) bond motifs is 3. The van der Waals surface area contributed by atoms with E-state index in [2.05, 4.69) is 76.6 Å². The minimum atomic E-state index is 0.897. The average molecular weight is 246 g/mol. The van der Waals surface area contributed by atoms with Gasteiger partial charge in [0, 0.05) is 6.54 Å². The molecule has 1 N–H and O–H groups in total. The summed E-state index contributed by atoms with van der Waals surface area (Å²) in [6.45, 7) is 0.897. The van der Waals surface area contributed by atoms with Crippen molar-refractivity contribution in [2.45, 2.75) is 6.54 Å². The van der Waals surface area contributed by atoms with Crippen molar-refractivity contribution in [2.24, 2.45) is 0 Å². The third-order valence-corrected chi connectivity index (χ3v) is 3.64. The van der Waals surface area contributed by atoms with Crippen LogP contribution in [-0.4, -0.2) is 4.57 Å². The largest absolute Gasteiger partial charge is 0.367 e. The molecular weight excluding hydrogens is 232 g/mol. The normalized spacial score (nSPS) is 12.4. The Morgan fingerprint density at radius 2 is 1.58 bits per heavy atom. The highest BCUT2D eigenvalue weighted by molar-refractivity contribution is 5.70. The summed E-state index contributed by atoms with van der Waals surface area (Å²) in [7, 11) is 0. The fraction of sp³-hybridized carbons (Fsp3) is 0.0588. The lowest BCUT2D eigenvalue weighted by molar-refractivity contribution is 0.958. The summed E-state index contributed by atoms with van der Waals surface area (Å²) in [5.41, 5.74) is 5.09. The van der Waals surface area contributed by atoms with E-state index >= 15 is 0 Å². The van der Waals surface area contributed by atoms with Crippen LogP contribution in [0.4, 0.5) is 5.82 Å². The van der Waals surface area contributed by atoms with Gasteiger partial charge < -0.3 is 5.32 Å². The highest BCUT2D eigenvalue weighted by atomic mass is 15.1. The van der Waals surface area contributed by atoms with E-state index in [1.54, 1.807) is 0 Å². The van der Waals surface area contributed by atoms with Gasteiger partial charge in [-0.1, -0.05) is 48.5 Å². The summed E-state index contributed by atoms with van der Waals surface area (Å²) >= 11 is 0. The van der Waals surface area contributed by atoms with Crippen LogP contribution < -0.4 is 5.32 Å². The number of rotatable bonds is 1. The molecule has 3 aromatic rings. The number of para-hydroxylation sites is 1. The number of hydrogen-bond acceptors (Lipinski definition) is 1. The maximum Gasteiger partial charge on any atom is 0.111 e. The van der Waals surface area contributed by atoms with Crippen LogP contribution in [-0.2, 0) is 6.54 Å². The van der Waals surface area contributed by atoms with Crippen LogP contribution in [0.25, 0.3) is 16.9 Å². The van der Waals surface area contributed by atoms with E-state index in [1.165, 1.54) is 22.5 Å². The third kappa shape index (κ3) is 1.57. The number of nitrogens with one attached hydrogen (secondary N) is 1. The number of nitrogens with zero attached hydrogens (tertiary/aromatic N) is 1. The SMILES string of the molecule is c1ccc(-c2ccc3n2-c2ccccc2CN3)cc1. The summed E-state index contributed by atoms with van der Waals surface area (Å²) < 4.78 is 2.30. The smallest absolute Gasteiger partial charge is 0.111 e. The summed E-state index contributed by atoms with van der Waals surface area (Å²) in [5, 5.41) is 3.47. The van der Waals surface area contributed by atoms with E-state index in [0.717, 1.165) is 12.4 Å². The van der Waals surface area contributed by atoms with Crippen LogP contribution in [0, 0.1) is 0 Å². The second-order valence-corrected chi connectivity index (χ2v) is 4.79. The van der Waals surface area contributed by atoms with Crippen molar-refractivity contribution in [1.29, 1.82) is 0 Å². The molecule has 0 aliphatic carbocycles. The van der Waals surface area contributed by atoms with Crippen LogP contribution >= 0.6 is 0 Å². The summed E-state index contributed by atoms with van der Waals surface area (Å²) in [6, 6.07) is 23.4. The van der Waals surface area contributed by atoms with Crippen LogP contribution in [0.2, 0.25) is 0 Å². The third-order valence-electron chi connectivity index (χ3n) is 3.64. The quantitative estimate of drug-likeness (QED) is 0.685. The van der Waals surface area contributed by atoms with Gasteiger partial charge in [0.15, 0.2) is 0 Å². The zero-order valence-corrected chi connectivity index (χ0v) is 10.5. The zero-order chi connectivity index (χ0) is 12.7. The van der Waals surface area contributed by atoms with Gasteiger partial charge in [0.2, 0.25) is 0 Å². The van der Waals surface area contributed by atoms with E-state index in [0.29, 0.717) is 0 Å². The lowest BCUT2D eigenvalue weighted by Crippen LogP contribution is -2.14. The second-order valence-electron chi connectivity index (χ2n) is 4.79. The molecule has 2 nitrogen and oxygen atoms in total. The van der Waals surface area contributed by atoms with Crippen LogP contribution in [0.5, 0.6) is 0 Å². The molecule has 0 atom stereocenters. The monoisotopic (exact) mass is 246 g/mol. The van der Waals surface area contributed by atoms with E-state index in [1.807, 2.05) is 0 Å². The number of hydrogen-bond donors (Lipinski definition) is 1. The van der Waals surface area contributed by atoms with Gasteiger partial charge in [-0.15, -0.1) is 0 Å². The van der Waals surface area contributed by atoms with Crippen molar-refractivity contribution in [1.82, 2.24) is 4.57 Å². The Morgan fingerprint density at radius 3 is 2.47 bits per heavy atom. The Bertz CT molecular complexity index is 726. The molecule has 19 heavy (non-hydrogen) atoms. The molecule has 0 amide bonds. The van der Waals surface area contributed by atoms with Crippen LogP contribution in [0.15, 0.2) is 66.7 Å². The predicted octanol–water partition coefficient (Wildman–Crippen LogP) is 4.07. The van der Waals surface area contributed by atoms with E-state index in [4.69, 9.17) is 0 Å². The van der Waals surface area contributed by atoms with E-state index in [-0.39, 0.29) is 0 Å². The predicted molar refractivity (Wildman–Crippen MR) is 78.5 cm³/mol. The molecule has 0 spiro atoms. The fourth-order valence-corrected chi connectivity index (χ4v) is 2.73. The first-order chi connectivity index (χ1) is 9.43. The van der Waals surface area contributed by atoms with Crippen LogP contribution in [0.1, 0.15) is 5.56 Å². The minimum Gasteiger partial charge on any atom is -0.367 e. The highest BCUT2D eigenvalue weighted by Crippen LogP contribution is 2.33. The van der Waals surface area contributed by atoms with Crippen molar-refractivity contribution in [3.63, 3.8) is 0 Å². The molecule has 1 aliphatic rings. The molecule has 2 heteroatoms. The highest BCUT2D eigenvalue weighted by Gasteiger charge is 2.17. The van der Waals surface area contributed by atoms with Crippen molar-refractivity contribution in [2.75, 3.05) is 5.32 Å². The molecule has 0 fully saturated rings. The van der Waals surface area contributed by atoms with Crippen molar-refractivity contribution in [3.8, 4) is 16.9 Å². The van der Waals surface area contributed by atoms with E-state index in [9.17, 15) is 0 Å². The first kappa shape index (κ1) is 10.4. The molecule has 1 aromatic heterocycles. The molecular formula is C17H14N2. The lowest BCUT2D eigenvalue weighted by Gasteiger charge is -2.23. The van der Waals surface area contributed by atoms with Crippen molar-refractivity contribution < 1.29 is 0 Å². The number of aromatic nitrogens is 1. The molecule has 4 rings (SSSR count). The summed E-state index contributed by atoms with van der Waals surface area (Å²) in [5.74, 6) is 1.16. The van der Waals surface area contributed by atoms with E-state index < -0.39 is 0 Å². The fourth-order valence-electron chi connectivity index (χ4n) is 2.73. The van der Waals surface area contributed by atoms with Gasteiger partial charge in [0.05, 0.1) is 11.4 Å². The Kier molecular flexibility index (Phi) is 2.21. The van der Waals surface area contributed by atoms with Gasteiger partial charge in [-0.05, 0) is 29.3 Å². The number of anilines is 1. The topological polar surface area (TPSA) is 17.0 Å². The molecule has 0 radical (unpaired) electrons. The maximum atomic E-state index is 3.47. The van der Waals surface area contributed by atoms with Gasteiger partial charge in [0.1, 0.15) is 5.82 Å². The molecule has 0 saturated carbocycles. The molecule has 0 bridgehead atoms. The zero-order valence-electron chi connectivity index (χ0n) is 10.5. The van der Waals surface area contributed by atoms with Gasteiger partial charge in [-0.25, -0.2) is 0 Å². The van der Waals surface area contributed by atoms with Crippen molar-refractivity contribution in [3.05, 3.63) is 72.3 Å². The van der Waals surface area contributed by atoms with Gasteiger partial charge in [0.25, 0.3) is 0 Å². The molecule has 1 aliphatic heterocycles. The molecule has 2 heterocycles. The molecule has 0 unspecified atom stereocenters. The molecule has 2 aromatic carbocycles. The average Bonchev–Trinajstić information content (AvgIpc) is 2.92. The van der Waals surface area contributed by atoms with Gasteiger partial charge >= 0.3 is 0 Å².